The van der Waals surface area contributed by atoms with Gasteiger partial charge in [0, 0.05) is 6.54 Å². The van der Waals surface area contributed by atoms with Crippen LogP contribution in [0.15, 0.2) is 4.90 Å². The van der Waals surface area contributed by atoms with Crippen LogP contribution in [-0.2, 0) is 19.6 Å². The van der Waals surface area contributed by atoms with E-state index in [4.69, 9.17) is 4.74 Å². The maximum atomic E-state index is 13.4. The number of nitrogens with zero attached hydrogens (tertiary/aromatic N) is 1. The van der Waals surface area contributed by atoms with E-state index in [0.717, 1.165) is 40.7 Å². The predicted octanol–water partition coefficient (Wildman–Crippen LogP) is 2.55. The molecule has 0 aliphatic carbocycles. The van der Waals surface area contributed by atoms with Gasteiger partial charge in [-0.1, -0.05) is 0 Å². The average Bonchev–Trinajstić information content (AvgIpc) is 2.97. The topological polar surface area (TPSA) is 63.7 Å². The van der Waals surface area contributed by atoms with Crippen LogP contribution in [0.2, 0.25) is 0 Å². The van der Waals surface area contributed by atoms with E-state index in [-0.39, 0.29) is 5.92 Å². The van der Waals surface area contributed by atoms with E-state index in [0.29, 0.717) is 18.0 Å². The molecule has 0 radical (unpaired) electrons. The summed E-state index contributed by atoms with van der Waals surface area (Å²) in [6, 6.07) is -0.663. The Morgan fingerprint density at radius 1 is 0.917 bits per heavy atom. The number of sulfonamides is 1. The lowest BCUT2D eigenvalue weighted by atomic mass is 9.95. The first-order valence-electron chi connectivity index (χ1n) is 8.43. The maximum absolute atomic E-state index is 13.4. The zero-order valence-corrected chi connectivity index (χ0v) is 15.8. The second-order valence-corrected chi connectivity index (χ2v) is 8.85. The molecule has 2 fully saturated rings. The molecule has 6 heteroatoms. The molecule has 0 spiro atoms. The SMILES string of the molecule is Cc1c(C)c(C)c(S(=O)(=O)N2CCC3CCOC(=O)C32)c(C)c1C. The van der Waals surface area contributed by atoms with Crippen LogP contribution in [0.4, 0.5) is 0 Å². The van der Waals surface area contributed by atoms with Crippen molar-refractivity contribution < 1.29 is 17.9 Å². The molecular weight excluding hydrogens is 326 g/mol. The summed E-state index contributed by atoms with van der Waals surface area (Å²) >= 11 is 0. The van der Waals surface area contributed by atoms with Crippen molar-refractivity contribution in [3.63, 3.8) is 0 Å². The van der Waals surface area contributed by atoms with E-state index in [1.165, 1.54) is 4.31 Å². The lowest BCUT2D eigenvalue weighted by molar-refractivity contribution is -0.153. The van der Waals surface area contributed by atoms with Crippen LogP contribution in [0.1, 0.15) is 40.7 Å². The number of carbonyl (C=O) groups excluding carboxylic acids is 1. The maximum Gasteiger partial charge on any atom is 0.324 e. The minimum absolute atomic E-state index is 0.0780. The number of rotatable bonds is 2. The normalized spacial score (nSPS) is 24.8. The third-order valence-corrected chi connectivity index (χ3v) is 8.10. The summed E-state index contributed by atoms with van der Waals surface area (Å²) in [5.41, 5.74) is 4.68. The summed E-state index contributed by atoms with van der Waals surface area (Å²) in [5.74, 6) is -0.322. The largest absolute Gasteiger partial charge is 0.464 e. The highest BCUT2D eigenvalue weighted by Gasteiger charge is 2.49. The first-order chi connectivity index (χ1) is 11.2. The summed E-state index contributed by atoms with van der Waals surface area (Å²) in [7, 11) is -3.73. The minimum Gasteiger partial charge on any atom is -0.464 e. The molecule has 132 valence electrons. The van der Waals surface area contributed by atoms with E-state index >= 15 is 0 Å². The van der Waals surface area contributed by atoms with Crippen LogP contribution in [0.3, 0.4) is 0 Å². The molecule has 1 aromatic rings. The van der Waals surface area contributed by atoms with Gasteiger partial charge in [0.2, 0.25) is 10.0 Å². The van der Waals surface area contributed by atoms with Crippen LogP contribution in [0.5, 0.6) is 0 Å². The fourth-order valence-corrected chi connectivity index (χ4v) is 6.29. The molecule has 2 saturated heterocycles. The number of carbonyl (C=O) groups is 1. The quantitative estimate of drug-likeness (QED) is 0.768. The second kappa shape index (κ2) is 5.85. The van der Waals surface area contributed by atoms with Gasteiger partial charge in [-0.05, 0) is 81.2 Å². The van der Waals surface area contributed by atoms with Gasteiger partial charge in [0.25, 0.3) is 0 Å². The number of cyclic esters (lactones) is 1. The van der Waals surface area contributed by atoms with Gasteiger partial charge in [0.05, 0.1) is 11.5 Å². The van der Waals surface area contributed by atoms with Crippen LogP contribution in [0, 0.1) is 40.5 Å². The number of hydrogen-bond donors (Lipinski definition) is 0. The fraction of sp³-hybridized carbons (Fsp3) is 0.611. The number of benzene rings is 1. The van der Waals surface area contributed by atoms with Crippen molar-refractivity contribution in [3.8, 4) is 0 Å². The fourth-order valence-electron chi connectivity index (χ4n) is 4.07. The highest BCUT2D eigenvalue weighted by atomic mass is 32.2. The van der Waals surface area contributed by atoms with Gasteiger partial charge < -0.3 is 4.74 Å². The Kier molecular flexibility index (Phi) is 4.24. The Balaban J connectivity index is 2.14. The van der Waals surface area contributed by atoms with E-state index in [1.54, 1.807) is 0 Å². The summed E-state index contributed by atoms with van der Waals surface area (Å²) in [6.45, 7) is 10.4. The molecule has 0 saturated carbocycles. The highest BCUT2D eigenvalue weighted by molar-refractivity contribution is 7.89. The molecule has 24 heavy (non-hydrogen) atoms. The molecule has 2 aliphatic heterocycles. The number of hydrogen-bond acceptors (Lipinski definition) is 4. The molecule has 0 amide bonds. The standard InChI is InChI=1S/C18H25NO4S/c1-10-11(2)13(4)17(14(5)12(10)3)24(21,22)19-8-6-15-7-9-23-18(20)16(15)19/h15-16H,6-9H2,1-5H3. The molecular formula is C18H25NO4S. The van der Waals surface area contributed by atoms with Crippen LogP contribution >= 0.6 is 0 Å². The summed E-state index contributed by atoms with van der Waals surface area (Å²) in [5, 5.41) is 0. The van der Waals surface area contributed by atoms with Gasteiger partial charge in [-0.25, -0.2) is 8.42 Å². The Morgan fingerprint density at radius 2 is 1.46 bits per heavy atom. The minimum atomic E-state index is -3.73. The summed E-state index contributed by atoms with van der Waals surface area (Å²) in [6.07, 6.45) is 1.47. The zero-order chi connectivity index (χ0) is 17.8. The Labute approximate surface area is 144 Å². The molecule has 2 aliphatic rings. The van der Waals surface area contributed by atoms with Crippen molar-refractivity contribution in [3.05, 3.63) is 27.8 Å². The van der Waals surface area contributed by atoms with E-state index < -0.39 is 22.0 Å². The summed E-state index contributed by atoms with van der Waals surface area (Å²) in [4.78, 5) is 12.6. The van der Waals surface area contributed by atoms with Gasteiger partial charge >= 0.3 is 5.97 Å². The Morgan fingerprint density at radius 3 is 2.04 bits per heavy atom. The number of fused-ring (bicyclic) bond motifs is 1. The van der Waals surface area contributed by atoms with Crippen LogP contribution in [-0.4, -0.2) is 37.9 Å². The number of esters is 1. The van der Waals surface area contributed by atoms with Gasteiger partial charge in [-0.2, -0.15) is 4.31 Å². The molecule has 3 rings (SSSR count). The van der Waals surface area contributed by atoms with Crippen molar-refractivity contribution in [2.45, 2.75) is 58.4 Å². The van der Waals surface area contributed by atoms with Crippen molar-refractivity contribution in [2.75, 3.05) is 13.2 Å². The number of ether oxygens (including phenoxy) is 1. The van der Waals surface area contributed by atoms with Gasteiger partial charge in [-0.3, -0.25) is 4.79 Å². The van der Waals surface area contributed by atoms with Gasteiger partial charge in [0.1, 0.15) is 6.04 Å². The highest BCUT2D eigenvalue weighted by Crippen LogP contribution is 2.38. The molecule has 0 aromatic heterocycles. The molecule has 2 heterocycles. The molecule has 2 atom stereocenters. The third-order valence-electron chi connectivity index (χ3n) is 5.95. The smallest absolute Gasteiger partial charge is 0.324 e. The molecule has 0 bridgehead atoms. The average molecular weight is 351 g/mol. The predicted molar refractivity (Wildman–Crippen MR) is 91.5 cm³/mol. The first-order valence-corrected chi connectivity index (χ1v) is 9.87. The Bertz CT molecular complexity index is 784. The van der Waals surface area contributed by atoms with Gasteiger partial charge in [-0.15, -0.1) is 0 Å². The molecule has 5 nitrogen and oxygen atoms in total. The monoisotopic (exact) mass is 351 g/mol. The van der Waals surface area contributed by atoms with Crippen molar-refractivity contribution in [2.24, 2.45) is 5.92 Å². The van der Waals surface area contributed by atoms with Crippen molar-refractivity contribution >= 4 is 16.0 Å². The van der Waals surface area contributed by atoms with E-state index in [1.807, 2.05) is 34.6 Å². The molecule has 1 aromatic carbocycles. The Hall–Kier alpha value is -1.40. The van der Waals surface area contributed by atoms with Crippen molar-refractivity contribution in [1.29, 1.82) is 0 Å². The third kappa shape index (κ3) is 2.39. The van der Waals surface area contributed by atoms with E-state index in [2.05, 4.69) is 0 Å². The molecule has 0 N–H and O–H groups in total. The molecule has 2 unspecified atom stereocenters. The first kappa shape index (κ1) is 17.4. The second-order valence-electron chi connectivity index (χ2n) is 7.02. The van der Waals surface area contributed by atoms with Crippen molar-refractivity contribution in [1.82, 2.24) is 4.31 Å². The summed E-state index contributed by atoms with van der Waals surface area (Å²) < 4.78 is 33.3. The van der Waals surface area contributed by atoms with Crippen LogP contribution < -0.4 is 0 Å². The van der Waals surface area contributed by atoms with Crippen LogP contribution in [0.25, 0.3) is 0 Å². The lowest BCUT2D eigenvalue weighted by Gasteiger charge is -2.30. The van der Waals surface area contributed by atoms with E-state index in [9.17, 15) is 13.2 Å². The zero-order valence-electron chi connectivity index (χ0n) is 15.0. The van der Waals surface area contributed by atoms with Gasteiger partial charge in [0.15, 0.2) is 0 Å². The lowest BCUT2D eigenvalue weighted by Crippen LogP contribution is -2.47.